The maximum atomic E-state index is 4.35. The van der Waals surface area contributed by atoms with Crippen LogP contribution in [0.2, 0.25) is 0 Å². The molecule has 2 aromatic rings. The number of thiazole rings is 1. The van der Waals surface area contributed by atoms with Crippen LogP contribution < -0.4 is 0 Å². The van der Waals surface area contributed by atoms with E-state index in [1.807, 2.05) is 19.1 Å². The molecule has 0 amide bonds. The Labute approximate surface area is 81.8 Å². The van der Waals surface area contributed by atoms with Crippen molar-refractivity contribution in [2.45, 2.75) is 6.92 Å². The van der Waals surface area contributed by atoms with E-state index < -0.39 is 0 Å². The van der Waals surface area contributed by atoms with Crippen LogP contribution in [-0.4, -0.2) is 9.97 Å². The molecule has 0 saturated heterocycles. The minimum atomic E-state index is 1.00. The van der Waals surface area contributed by atoms with Crippen molar-refractivity contribution < 1.29 is 0 Å². The summed E-state index contributed by atoms with van der Waals surface area (Å²) in [6.45, 7) is 1.99. The topological polar surface area (TPSA) is 25.8 Å². The normalized spacial score (nSPS) is 10.7. The van der Waals surface area contributed by atoms with Gasteiger partial charge >= 0.3 is 0 Å². The van der Waals surface area contributed by atoms with Crippen molar-refractivity contribution in [2.75, 3.05) is 0 Å². The molecule has 2 rings (SSSR count). The molecule has 0 unspecified atom stereocenters. The van der Waals surface area contributed by atoms with E-state index >= 15 is 0 Å². The molecule has 0 aromatic carbocycles. The second-order valence-electron chi connectivity index (χ2n) is 2.24. The Morgan fingerprint density at radius 3 is 3.00 bits per heavy atom. The Balaban J connectivity index is 2.82. The minimum Gasteiger partial charge on any atom is -0.240 e. The molecule has 0 fully saturated rings. The first-order valence-corrected chi connectivity index (χ1v) is 5.05. The Hall–Kier alpha value is -0.230. The summed E-state index contributed by atoms with van der Waals surface area (Å²) in [5, 5.41) is 0. The van der Waals surface area contributed by atoms with E-state index in [4.69, 9.17) is 0 Å². The Bertz CT molecular complexity index is 396. The molecule has 0 spiro atoms. The fourth-order valence-electron chi connectivity index (χ4n) is 0.883. The monoisotopic (exact) mass is 276 g/mol. The van der Waals surface area contributed by atoms with Crippen molar-refractivity contribution in [2.24, 2.45) is 0 Å². The zero-order valence-corrected chi connectivity index (χ0v) is 8.81. The summed E-state index contributed by atoms with van der Waals surface area (Å²) < 4.78 is 1.05. The second-order valence-corrected chi connectivity index (χ2v) is 4.98. The van der Waals surface area contributed by atoms with Crippen LogP contribution in [0.25, 0.3) is 10.3 Å². The quantitative estimate of drug-likeness (QED) is 0.691. The van der Waals surface area contributed by atoms with Gasteiger partial charge in [0, 0.05) is 5.69 Å². The Morgan fingerprint density at radius 1 is 1.36 bits per heavy atom. The molecule has 0 N–H and O–H groups in total. The van der Waals surface area contributed by atoms with Gasteiger partial charge in [0.2, 0.25) is 0 Å². The lowest BCUT2D eigenvalue weighted by Crippen LogP contribution is -1.77. The fraction of sp³-hybridized carbons (Fsp3) is 0.143. The zero-order chi connectivity index (χ0) is 7.84. The number of hydrogen-bond donors (Lipinski definition) is 0. The lowest BCUT2D eigenvalue weighted by molar-refractivity contribution is 1.26. The van der Waals surface area contributed by atoms with E-state index in [9.17, 15) is 0 Å². The molecule has 0 aliphatic carbocycles. The highest BCUT2D eigenvalue weighted by molar-refractivity contribution is 14.1. The molecule has 4 heteroatoms. The number of aryl methyl sites for hydroxylation is 1. The summed E-state index contributed by atoms with van der Waals surface area (Å²) in [6, 6.07) is 3.99. The van der Waals surface area contributed by atoms with E-state index in [1.165, 1.54) is 0 Å². The fourth-order valence-corrected chi connectivity index (χ4v) is 2.48. The third-order valence-electron chi connectivity index (χ3n) is 1.37. The molecule has 2 aromatic heterocycles. The standard InChI is InChI=1S/C7H5IN2S/c1-4-2-3-5-6(9-4)11-7(8)10-5/h2-3H,1H3. The maximum absolute atomic E-state index is 4.35. The van der Waals surface area contributed by atoms with Gasteiger partial charge < -0.3 is 0 Å². The van der Waals surface area contributed by atoms with Gasteiger partial charge in [-0.1, -0.05) is 11.3 Å². The molecule has 56 valence electrons. The van der Waals surface area contributed by atoms with Gasteiger partial charge in [-0.25, -0.2) is 9.97 Å². The van der Waals surface area contributed by atoms with E-state index in [-0.39, 0.29) is 0 Å². The smallest absolute Gasteiger partial charge is 0.156 e. The number of nitrogens with zero attached hydrogens (tertiary/aromatic N) is 2. The largest absolute Gasteiger partial charge is 0.240 e. The van der Waals surface area contributed by atoms with Gasteiger partial charge in [-0.3, -0.25) is 0 Å². The molecule has 2 heterocycles. The first-order valence-electron chi connectivity index (χ1n) is 3.15. The summed E-state index contributed by atoms with van der Waals surface area (Å²) in [7, 11) is 0. The Kier molecular flexibility index (Phi) is 1.80. The molecule has 0 aliphatic rings. The highest BCUT2D eigenvalue weighted by Crippen LogP contribution is 2.20. The highest BCUT2D eigenvalue weighted by Gasteiger charge is 2.00. The van der Waals surface area contributed by atoms with E-state index in [0.717, 1.165) is 19.1 Å². The van der Waals surface area contributed by atoms with E-state index in [2.05, 4.69) is 32.6 Å². The lowest BCUT2D eigenvalue weighted by atomic mass is 10.4. The second kappa shape index (κ2) is 2.67. The van der Waals surface area contributed by atoms with Gasteiger partial charge in [-0.15, -0.1) is 0 Å². The lowest BCUT2D eigenvalue weighted by Gasteiger charge is -1.87. The number of halogens is 1. The van der Waals surface area contributed by atoms with Crippen LogP contribution in [0.1, 0.15) is 5.69 Å². The number of rotatable bonds is 0. The van der Waals surface area contributed by atoms with Gasteiger partial charge in [-0.05, 0) is 41.6 Å². The van der Waals surface area contributed by atoms with Crippen molar-refractivity contribution in [3.8, 4) is 0 Å². The molecule has 0 saturated carbocycles. The summed E-state index contributed by atoms with van der Waals surface area (Å²) in [4.78, 5) is 9.68. The van der Waals surface area contributed by atoms with Crippen LogP contribution in [0.3, 0.4) is 0 Å². The van der Waals surface area contributed by atoms with Crippen LogP contribution in [0.4, 0.5) is 0 Å². The number of aromatic nitrogens is 2. The first kappa shape index (κ1) is 7.42. The van der Waals surface area contributed by atoms with Crippen LogP contribution in [0.15, 0.2) is 12.1 Å². The number of hydrogen-bond acceptors (Lipinski definition) is 3. The molecule has 11 heavy (non-hydrogen) atoms. The molecule has 0 bridgehead atoms. The molecular formula is C7H5IN2S. The SMILES string of the molecule is Cc1ccc2nc(I)sc2n1. The van der Waals surface area contributed by atoms with Gasteiger partial charge in [0.05, 0.1) is 0 Å². The van der Waals surface area contributed by atoms with Crippen molar-refractivity contribution >= 4 is 44.3 Å². The van der Waals surface area contributed by atoms with Crippen LogP contribution in [-0.2, 0) is 0 Å². The summed E-state index contributed by atoms with van der Waals surface area (Å²) >= 11 is 3.84. The molecule has 0 aliphatic heterocycles. The van der Waals surface area contributed by atoms with Crippen molar-refractivity contribution in [1.29, 1.82) is 0 Å². The van der Waals surface area contributed by atoms with Gasteiger partial charge in [0.15, 0.2) is 3.01 Å². The van der Waals surface area contributed by atoms with Gasteiger partial charge in [0.25, 0.3) is 0 Å². The Morgan fingerprint density at radius 2 is 2.18 bits per heavy atom. The average molecular weight is 276 g/mol. The first-order chi connectivity index (χ1) is 5.25. The highest BCUT2D eigenvalue weighted by atomic mass is 127. The minimum absolute atomic E-state index is 1.00. The third kappa shape index (κ3) is 1.37. The summed E-state index contributed by atoms with van der Waals surface area (Å²) in [5.74, 6) is 0. The predicted molar refractivity (Wildman–Crippen MR) is 54.9 cm³/mol. The average Bonchev–Trinajstić information content (AvgIpc) is 2.27. The maximum Gasteiger partial charge on any atom is 0.156 e. The summed E-state index contributed by atoms with van der Waals surface area (Å²) in [5.41, 5.74) is 2.06. The van der Waals surface area contributed by atoms with Crippen molar-refractivity contribution in [3.05, 3.63) is 20.8 Å². The molecule has 0 radical (unpaired) electrons. The molecule has 0 atom stereocenters. The van der Waals surface area contributed by atoms with Crippen molar-refractivity contribution in [3.63, 3.8) is 0 Å². The zero-order valence-electron chi connectivity index (χ0n) is 5.84. The van der Waals surface area contributed by atoms with E-state index in [1.54, 1.807) is 11.3 Å². The third-order valence-corrected chi connectivity index (χ3v) is 3.02. The number of fused-ring (bicyclic) bond motifs is 1. The van der Waals surface area contributed by atoms with Crippen LogP contribution in [0.5, 0.6) is 0 Å². The number of pyridine rings is 1. The van der Waals surface area contributed by atoms with Crippen LogP contribution >= 0.6 is 33.9 Å². The predicted octanol–water partition coefficient (Wildman–Crippen LogP) is 2.60. The summed E-state index contributed by atoms with van der Waals surface area (Å²) in [6.07, 6.45) is 0. The van der Waals surface area contributed by atoms with Crippen LogP contribution in [0, 0.1) is 9.94 Å². The van der Waals surface area contributed by atoms with Crippen molar-refractivity contribution in [1.82, 2.24) is 9.97 Å². The molecule has 2 nitrogen and oxygen atoms in total. The van der Waals surface area contributed by atoms with Gasteiger partial charge in [0.1, 0.15) is 10.3 Å². The molecular weight excluding hydrogens is 271 g/mol. The van der Waals surface area contributed by atoms with Gasteiger partial charge in [-0.2, -0.15) is 0 Å². The van der Waals surface area contributed by atoms with E-state index in [0.29, 0.717) is 0 Å².